The van der Waals surface area contributed by atoms with Crippen LogP contribution in [0.15, 0.2) is 29.8 Å². The van der Waals surface area contributed by atoms with Crippen molar-refractivity contribution in [2.45, 2.75) is 77.6 Å². The summed E-state index contributed by atoms with van der Waals surface area (Å²) in [5.74, 6) is 1.34. The molecule has 0 saturated heterocycles. The van der Waals surface area contributed by atoms with Gasteiger partial charge in [-0.15, -0.1) is 0 Å². The number of benzene rings is 1. The maximum Gasteiger partial charge on any atom is 0.159 e. The summed E-state index contributed by atoms with van der Waals surface area (Å²) in [6.45, 7) is 2.31. The van der Waals surface area contributed by atoms with E-state index < -0.39 is 11.6 Å². The molecule has 1 atom stereocenters. The molecule has 0 amide bonds. The average Bonchev–Trinajstić information content (AvgIpc) is 2.64. The third-order valence-electron chi connectivity index (χ3n) is 6.52. The molecule has 138 valence electrons. The number of allylic oxidation sites excluding steroid dienone is 2. The molecule has 1 fully saturated rings. The third-order valence-corrected chi connectivity index (χ3v) is 6.52. The molecular formula is C23H32F2. The van der Waals surface area contributed by atoms with E-state index in [-0.39, 0.29) is 0 Å². The van der Waals surface area contributed by atoms with Crippen LogP contribution in [0.4, 0.5) is 8.78 Å². The molecule has 2 aliphatic carbocycles. The second-order valence-corrected chi connectivity index (χ2v) is 8.21. The van der Waals surface area contributed by atoms with Gasteiger partial charge in [-0.25, -0.2) is 8.78 Å². The van der Waals surface area contributed by atoms with Gasteiger partial charge >= 0.3 is 0 Å². The van der Waals surface area contributed by atoms with Crippen molar-refractivity contribution in [3.05, 3.63) is 47.0 Å². The minimum atomic E-state index is -0.753. The highest BCUT2D eigenvalue weighted by molar-refractivity contribution is 5.20. The molecule has 2 heteroatoms. The zero-order valence-corrected chi connectivity index (χ0v) is 15.6. The Balaban J connectivity index is 1.44. The van der Waals surface area contributed by atoms with Gasteiger partial charge < -0.3 is 0 Å². The summed E-state index contributed by atoms with van der Waals surface area (Å²) in [5.41, 5.74) is 2.41. The van der Waals surface area contributed by atoms with Gasteiger partial charge in [0.05, 0.1) is 0 Å². The Bertz CT molecular complexity index is 582. The normalized spacial score (nSPS) is 27.2. The highest BCUT2D eigenvalue weighted by Crippen LogP contribution is 2.41. The van der Waals surface area contributed by atoms with Crippen LogP contribution in [-0.2, 0) is 6.42 Å². The van der Waals surface area contributed by atoms with E-state index >= 15 is 0 Å². The SMILES string of the molecule is CCC[C@H]1CC[C@H](C2CC=C(CCc3ccc(F)c(F)c3)CC2)CC1. The fourth-order valence-corrected chi connectivity index (χ4v) is 4.92. The molecule has 0 aromatic heterocycles. The van der Waals surface area contributed by atoms with Gasteiger partial charge in [0.2, 0.25) is 0 Å². The van der Waals surface area contributed by atoms with Crippen molar-refractivity contribution in [1.29, 1.82) is 0 Å². The van der Waals surface area contributed by atoms with Gasteiger partial charge in [0, 0.05) is 0 Å². The summed E-state index contributed by atoms with van der Waals surface area (Å²) in [6.07, 6.45) is 16.5. The first-order valence-corrected chi connectivity index (χ1v) is 10.3. The van der Waals surface area contributed by atoms with Crippen LogP contribution in [0.1, 0.15) is 76.7 Å². The van der Waals surface area contributed by atoms with Gasteiger partial charge in [-0.05, 0) is 80.4 Å². The van der Waals surface area contributed by atoms with E-state index in [0.29, 0.717) is 0 Å². The third kappa shape index (κ3) is 5.15. The Morgan fingerprint density at radius 3 is 2.36 bits per heavy atom. The molecule has 0 radical (unpaired) electrons. The fraction of sp³-hybridized carbons (Fsp3) is 0.652. The lowest BCUT2D eigenvalue weighted by atomic mass is 9.70. The summed E-state index contributed by atoms with van der Waals surface area (Å²) >= 11 is 0. The van der Waals surface area contributed by atoms with Crippen molar-refractivity contribution >= 4 is 0 Å². The molecule has 0 heterocycles. The van der Waals surface area contributed by atoms with Gasteiger partial charge in [-0.3, -0.25) is 0 Å². The van der Waals surface area contributed by atoms with Crippen LogP contribution in [0.3, 0.4) is 0 Å². The van der Waals surface area contributed by atoms with Crippen LogP contribution < -0.4 is 0 Å². The fourth-order valence-electron chi connectivity index (χ4n) is 4.92. The first kappa shape index (κ1) is 18.6. The molecule has 1 unspecified atom stereocenters. The molecule has 2 aliphatic rings. The monoisotopic (exact) mass is 346 g/mol. The second kappa shape index (κ2) is 8.96. The summed E-state index contributed by atoms with van der Waals surface area (Å²) in [7, 11) is 0. The highest BCUT2D eigenvalue weighted by atomic mass is 19.2. The number of halogens is 2. The van der Waals surface area contributed by atoms with Crippen molar-refractivity contribution in [2.24, 2.45) is 17.8 Å². The van der Waals surface area contributed by atoms with E-state index in [9.17, 15) is 8.78 Å². The van der Waals surface area contributed by atoms with E-state index in [1.54, 1.807) is 6.07 Å². The molecule has 1 saturated carbocycles. The van der Waals surface area contributed by atoms with Gasteiger partial charge in [0.25, 0.3) is 0 Å². The van der Waals surface area contributed by atoms with Gasteiger partial charge in [0.15, 0.2) is 11.6 Å². The predicted octanol–water partition coefficient (Wildman–Crippen LogP) is 7.23. The van der Waals surface area contributed by atoms with Crippen molar-refractivity contribution in [3.8, 4) is 0 Å². The quantitative estimate of drug-likeness (QED) is 0.477. The van der Waals surface area contributed by atoms with Crippen LogP contribution in [0, 0.1) is 29.4 Å². The summed E-state index contributed by atoms with van der Waals surface area (Å²) in [6, 6.07) is 4.29. The Kier molecular flexibility index (Phi) is 6.67. The number of rotatable bonds is 6. The van der Waals surface area contributed by atoms with Gasteiger partial charge in [0.1, 0.15) is 0 Å². The first-order chi connectivity index (χ1) is 12.2. The van der Waals surface area contributed by atoms with Crippen molar-refractivity contribution in [1.82, 2.24) is 0 Å². The summed E-state index contributed by atoms with van der Waals surface area (Å²) in [4.78, 5) is 0. The number of aryl methyl sites for hydroxylation is 1. The molecule has 1 aromatic rings. The molecular weight excluding hydrogens is 314 g/mol. The molecule has 0 aliphatic heterocycles. The number of hydrogen-bond donors (Lipinski definition) is 0. The lowest BCUT2D eigenvalue weighted by Gasteiger charge is -2.35. The van der Waals surface area contributed by atoms with E-state index in [1.165, 1.54) is 75.5 Å². The first-order valence-electron chi connectivity index (χ1n) is 10.3. The second-order valence-electron chi connectivity index (χ2n) is 8.21. The smallest absolute Gasteiger partial charge is 0.159 e. The lowest BCUT2D eigenvalue weighted by Crippen LogP contribution is -2.23. The highest BCUT2D eigenvalue weighted by Gasteiger charge is 2.28. The molecule has 0 N–H and O–H groups in total. The Morgan fingerprint density at radius 1 is 0.920 bits per heavy atom. The minimum Gasteiger partial charge on any atom is -0.204 e. The van der Waals surface area contributed by atoms with Crippen LogP contribution in [0.25, 0.3) is 0 Å². The van der Waals surface area contributed by atoms with Crippen LogP contribution in [-0.4, -0.2) is 0 Å². The van der Waals surface area contributed by atoms with Gasteiger partial charge in [-0.1, -0.05) is 50.3 Å². The predicted molar refractivity (Wildman–Crippen MR) is 100 cm³/mol. The maximum absolute atomic E-state index is 13.3. The van der Waals surface area contributed by atoms with E-state index in [4.69, 9.17) is 0 Å². The van der Waals surface area contributed by atoms with Crippen LogP contribution >= 0.6 is 0 Å². The van der Waals surface area contributed by atoms with Crippen LogP contribution in [0.2, 0.25) is 0 Å². The molecule has 0 nitrogen and oxygen atoms in total. The molecule has 3 rings (SSSR count). The Labute approximate surface area is 151 Å². The standard InChI is InChI=1S/C23H32F2/c1-2-3-17-6-11-20(12-7-17)21-13-8-18(9-14-21)4-5-19-10-15-22(24)23(25)16-19/h8,10,15-17,20-21H,2-7,9,11-14H2,1H3/t17-,20-,21?. The Morgan fingerprint density at radius 2 is 1.72 bits per heavy atom. The minimum absolute atomic E-state index is 0.728. The van der Waals surface area contributed by atoms with Gasteiger partial charge in [-0.2, -0.15) is 0 Å². The largest absolute Gasteiger partial charge is 0.204 e. The molecule has 0 spiro atoms. The maximum atomic E-state index is 13.3. The molecule has 1 aromatic carbocycles. The van der Waals surface area contributed by atoms with Crippen molar-refractivity contribution < 1.29 is 8.78 Å². The van der Waals surface area contributed by atoms with Crippen molar-refractivity contribution in [3.63, 3.8) is 0 Å². The topological polar surface area (TPSA) is 0 Å². The zero-order valence-electron chi connectivity index (χ0n) is 15.6. The van der Waals surface area contributed by atoms with Crippen LogP contribution in [0.5, 0.6) is 0 Å². The van der Waals surface area contributed by atoms with Crippen molar-refractivity contribution in [2.75, 3.05) is 0 Å². The molecule has 25 heavy (non-hydrogen) atoms. The average molecular weight is 347 g/mol. The zero-order chi connectivity index (χ0) is 17.6. The van der Waals surface area contributed by atoms with E-state index in [0.717, 1.165) is 36.2 Å². The summed E-state index contributed by atoms with van der Waals surface area (Å²) in [5, 5.41) is 0. The van der Waals surface area contributed by atoms with E-state index in [2.05, 4.69) is 13.0 Å². The summed E-state index contributed by atoms with van der Waals surface area (Å²) < 4.78 is 26.3. The lowest BCUT2D eigenvalue weighted by molar-refractivity contribution is 0.186. The number of hydrogen-bond acceptors (Lipinski definition) is 0. The Hall–Kier alpha value is -1.18. The van der Waals surface area contributed by atoms with E-state index in [1.807, 2.05) is 0 Å². The molecule has 0 bridgehead atoms.